The molecule has 0 spiro atoms. The number of benzene rings is 3. The molecule has 1 fully saturated rings. The maximum absolute atomic E-state index is 14.6. The van der Waals surface area contributed by atoms with E-state index >= 15 is 0 Å². The SMILES string of the molecule is CCc1ccc(NC(=O)c2ccc(F)c(S(=O)(=O)N3CCN(c4ccc([N+](=O)[O-])cc4)CC3)c2)cc1. The van der Waals surface area contributed by atoms with Gasteiger partial charge >= 0.3 is 0 Å². The highest BCUT2D eigenvalue weighted by Gasteiger charge is 2.31. The minimum Gasteiger partial charge on any atom is -0.369 e. The second-order valence-electron chi connectivity index (χ2n) is 8.31. The number of carbonyl (C=O) groups is 1. The predicted octanol–water partition coefficient (Wildman–Crippen LogP) is 4.06. The van der Waals surface area contributed by atoms with Gasteiger partial charge in [0.2, 0.25) is 10.0 Å². The first-order chi connectivity index (χ1) is 17.2. The summed E-state index contributed by atoms with van der Waals surface area (Å²) < 4.78 is 42.3. The zero-order valence-corrected chi connectivity index (χ0v) is 20.4. The van der Waals surface area contributed by atoms with Crippen molar-refractivity contribution >= 4 is 33.0 Å². The molecule has 1 aliphatic heterocycles. The molecule has 0 aromatic heterocycles. The highest BCUT2D eigenvalue weighted by atomic mass is 32.2. The number of non-ortho nitro benzene ring substituents is 1. The van der Waals surface area contributed by atoms with E-state index in [-0.39, 0.29) is 24.3 Å². The number of carbonyl (C=O) groups excluding carboxylic acids is 1. The van der Waals surface area contributed by atoms with E-state index in [2.05, 4.69) is 5.32 Å². The van der Waals surface area contributed by atoms with E-state index < -0.39 is 31.6 Å². The molecule has 1 heterocycles. The predicted molar refractivity (Wildman–Crippen MR) is 134 cm³/mol. The Hall–Kier alpha value is -3.83. The normalized spacial score (nSPS) is 14.4. The number of amides is 1. The minimum atomic E-state index is -4.19. The summed E-state index contributed by atoms with van der Waals surface area (Å²) in [5.74, 6) is -1.48. The quantitative estimate of drug-likeness (QED) is 0.377. The second-order valence-corrected chi connectivity index (χ2v) is 10.2. The minimum absolute atomic E-state index is 0.0269. The molecule has 1 aliphatic rings. The maximum atomic E-state index is 14.6. The molecule has 0 bridgehead atoms. The van der Waals surface area contributed by atoms with E-state index in [1.807, 2.05) is 24.0 Å². The van der Waals surface area contributed by atoms with Crippen LogP contribution in [0.3, 0.4) is 0 Å². The van der Waals surface area contributed by atoms with Crippen LogP contribution in [0.5, 0.6) is 0 Å². The van der Waals surface area contributed by atoms with Crippen molar-refractivity contribution in [3.63, 3.8) is 0 Å². The Morgan fingerprint density at radius 1 is 1.00 bits per heavy atom. The first-order valence-electron chi connectivity index (χ1n) is 11.4. The molecule has 1 N–H and O–H groups in total. The largest absolute Gasteiger partial charge is 0.369 e. The molecule has 9 nitrogen and oxygen atoms in total. The van der Waals surface area contributed by atoms with Crippen molar-refractivity contribution in [3.8, 4) is 0 Å². The number of nitrogens with one attached hydrogen (secondary N) is 1. The molecular formula is C25H25FN4O5S. The summed E-state index contributed by atoms with van der Waals surface area (Å²) in [6.07, 6.45) is 0.857. The topological polar surface area (TPSA) is 113 Å². The van der Waals surface area contributed by atoms with Crippen molar-refractivity contribution in [2.45, 2.75) is 18.2 Å². The first kappa shape index (κ1) is 25.3. The van der Waals surface area contributed by atoms with Crippen LogP contribution in [0, 0.1) is 15.9 Å². The van der Waals surface area contributed by atoms with Crippen LogP contribution in [0.25, 0.3) is 0 Å². The average Bonchev–Trinajstić information content (AvgIpc) is 2.89. The number of anilines is 2. The van der Waals surface area contributed by atoms with E-state index in [1.165, 1.54) is 22.5 Å². The van der Waals surface area contributed by atoms with Crippen molar-refractivity contribution in [1.82, 2.24) is 4.31 Å². The number of halogens is 1. The van der Waals surface area contributed by atoms with Gasteiger partial charge in [-0.1, -0.05) is 19.1 Å². The molecule has 1 amide bonds. The van der Waals surface area contributed by atoms with Gasteiger partial charge in [0.1, 0.15) is 10.7 Å². The first-order valence-corrected chi connectivity index (χ1v) is 12.8. The molecule has 0 radical (unpaired) electrons. The van der Waals surface area contributed by atoms with Crippen LogP contribution in [-0.4, -0.2) is 49.7 Å². The summed E-state index contributed by atoms with van der Waals surface area (Å²) in [6, 6.07) is 16.6. The van der Waals surface area contributed by atoms with Gasteiger partial charge in [0.25, 0.3) is 11.6 Å². The van der Waals surface area contributed by atoms with E-state index in [9.17, 15) is 27.7 Å². The number of hydrogen-bond donors (Lipinski definition) is 1. The van der Waals surface area contributed by atoms with Gasteiger partial charge in [0.15, 0.2) is 0 Å². The van der Waals surface area contributed by atoms with Crippen molar-refractivity contribution in [1.29, 1.82) is 0 Å². The Kier molecular flexibility index (Phi) is 7.32. The highest BCUT2D eigenvalue weighted by Crippen LogP contribution is 2.25. The second kappa shape index (κ2) is 10.4. The van der Waals surface area contributed by atoms with Gasteiger partial charge in [0.05, 0.1) is 4.92 Å². The zero-order chi connectivity index (χ0) is 25.9. The van der Waals surface area contributed by atoms with Gasteiger partial charge in [-0.25, -0.2) is 12.8 Å². The molecule has 188 valence electrons. The van der Waals surface area contributed by atoms with Crippen LogP contribution in [0.4, 0.5) is 21.5 Å². The molecular weight excluding hydrogens is 487 g/mol. The zero-order valence-electron chi connectivity index (χ0n) is 19.6. The van der Waals surface area contributed by atoms with Gasteiger partial charge in [-0.05, 0) is 54.4 Å². The lowest BCUT2D eigenvalue weighted by Crippen LogP contribution is -2.48. The fraction of sp³-hybridized carbons (Fsp3) is 0.240. The molecule has 3 aromatic carbocycles. The number of rotatable bonds is 7. The van der Waals surface area contributed by atoms with E-state index in [0.717, 1.165) is 29.8 Å². The third-order valence-corrected chi connectivity index (χ3v) is 8.01. The summed E-state index contributed by atoms with van der Waals surface area (Å²) in [6.45, 7) is 2.86. The fourth-order valence-corrected chi connectivity index (χ4v) is 5.49. The summed E-state index contributed by atoms with van der Waals surface area (Å²) in [4.78, 5) is 24.4. The number of nitro groups is 1. The smallest absolute Gasteiger partial charge is 0.269 e. The van der Waals surface area contributed by atoms with Gasteiger partial charge in [-0.3, -0.25) is 14.9 Å². The number of aryl methyl sites for hydroxylation is 1. The molecule has 36 heavy (non-hydrogen) atoms. The van der Waals surface area contributed by atoms with Crippen molar-refractivity contribution in [3.05, 3.63) is 93.8 Å². The number of hydrogen-bond acceptors (Lipinski definition) is 6. The molecule has 11 heteroatoms. The molecule has 3 aromatic rings. The van der Waals surface area contributed by atoms with E-state index in [0.29, 0.717) is 18.8 Å². The molecule has 1 saturated heterocycles. The number of nitro benzene ring substituents is 1. The van der Waals surface area contributed by atoms with Crippen molar-refractivity contribution in [2.24, 2.45) is 0 Å². The third kappa shape index (κ3) is 5.37. The summed E-state index contributed by atoms with van der Waals surface area (Å²) >= 11 is 0. The van der Waals surface area contributed by atoms with E-state index in [4.69, 9.17) is 0 Å². The summed E-state index contributed by atoms with van der Waals surface area (Å²) in [5, 5.41) is 13.6. The standard InChI is InChI=1S/C25H25FN4O5S/c1-2-18-3-6-20(7-4-18)27-25(31)19-5-12-23(26)24(17-19)36(34,35)29-15-13-28(14-16-29)21-8-10-22(11-9-21)30(32)33/h3-12,17H,2,13-16H2,1H3,(H,27,31). The van der Waals surface area contributed by atoms with Gasteiger partial charge in [-0.2, -0.15) is 4.31 Å². The average molecular weight is 513 g/mol. The molecule has 4 rings (SSSR count). The number of nitrogens with zero attached hydrogens (tertiary/aromatic N) is 3. The van der Waals surface area contributed by atoms with Gasteiger partial charge < -0.3 is 10.2 Å². The van der Waals surface area contributed by atoms with Crippen LogP contribution in [-0.2, 0) is 16.4 Å². The fourth-order valence-electron chi connectivity index (χ4n) is 3.98. The van der Waals surface area contributed by atoms with Gasteiger partial charge in [-0.15, -0.1) is 0 Å². The van der Waals surface area contributed by atoms with E-state index in [1.54, 1.807) is 24.3 Å². The van der Waals surface area contributed by atoms with Crippen LogP contribution in [0.15, 0.2) is 71.6 Å². The lowest BCUT2D eigenvalue weighted by molar-refractivity contribution is -0.384. The highest BCUT2D eigenvalue weighted by molar-refractivity contribution is 7.89. The molecule has 0 aliphatic carbocycles. The Bertz CT molecular complexity index is 1370. The molecule has 0 saturated carbocycles. The maximum Gasteiger partial charge on any atom is 0.269 e. The lowest BCUT2D eigenvalue weighted by Gasteiger charge is -2.35. The molecule has 0 unspecified atom stereocenters. The number of sulfonamides is 1. The monoisotopic (exact) mass is 512 g/mol. The van der Waals surface area contributed by atoms with Crippen LogP contribution in [0.1, 0.15) is 22.8 Å². The Balaban J connectivity index is 1.47. The summed E-state index contributed by atoms with van der Waals surface area (Å²) in [7, 11) is -4.19. The Morgan fingerprint density at radius 3 is 2.22 bits per heavy atom. The van der Waals surface area contributed by atoms with Crippen LogP contribution >= 0.6 is 0 Å². The Labute approximate surface area is 208 Å². The van der Waals surface area contributed by atoms with Crippen LogP contribution in [0.2, 0.25) is 0 Å². The van der Waals surface area contributed by atoms with Crippen LogP contribution < -0.4 is 10.2 Å². The van der Waals surface area contributed by atoms with Crippen molar-refractivity contribution < 1.29 is 22.5 Å². The van der Waals surface area contributed by atoms with Gasteiger partial charge in [0, 0.05) is 55.2 Å². The number of piperazine rings is 1. The lowest BCUT2D eigenvalue weighted by atomic mass is 10.1. The van der Waals surface area contributed by atoms with Crippen molar-refractivity contribution in [2.75, 3.05) is 36.4 Å². The Morgan fingerprint density at radius 2 is 1.64 bits per heavy atom. The summed E-state index contributed by atoms with van der Waals surface area (Å²) in [5.41, 5.74) is 2.39. The molecule has 0 atom stereocenters. The third-order valence-electron chi connectivity index (χ3n) is 6.10.